The second kappa shape index (κ2) is 8.47. The van der Waals surface area contributed by atoms with Gasteiger partial charge in [-0.1, -0.05) is 12.1 Å². The van der Waals surface area contributed by atoms with Crippen LogP contribution in [0, 0.1) is 0 Å². The molecule has 0 saturated carbocycles. The van der Waals surface area contributed by atoms with Crippen LogP contribution in [0.1, 0.15) is 12.5 Å². The van der Waals surface area contributed by atoms with E-state index in [2.05, 4.69) is 5.32 Å². The molecular weight excluding hydrogens is 376 g/mol. The molecule has 29 heavy (non-hydrogen) atoms. The Hall–Kier alpha value is -3.81. The third-order valence-electron chi connectivity index (χ3n) is 4.23. The molecule has 1 fully saturated rings. The lowest BCUT2D eigenvalue weighted by Crippen LogP contribution is -2.54. The summed E-state index contributed by atoms with van der Waals surface area (Å²) in [5.74, 6) is -0.155. The summed E-state index contributed by atoms with van der Waals surface area (Å²) in [5.41, 5.74) is 0.594. The van der Waals surface area contributed by atoms with Crippen LogP contribution < -0.4 is 24.4 Å². The lowest BCUT2D eigenvalue weighted by Gasteiger charge is -2.27. The van der Waals surface area contributed by atoms with Gasteiger partial charge in [0.1, 0.15) is 22.8 Å². The number of hydrogen-bond donors (Lipinski definition) is 1. The van der Waals surface area contributed by atoms with Crippen LogP contribution in [0.25, 0.3) is 6.08 Å². The van der Waals surface area contributed by atoms with Gasteiger partial charge >= 0.3 is 6.03 Å². The van der Waals surface area contributed by atoms with E-state index >= 15 is 0 Å². The fourth-order valence-corrected chi connectivity index (χ4v) is 2.84. The second-order valence-electron chi connectivity index (χ2n) is 6.00. The predicted molar refractivity (Wildman–Crippen MR) is 106 cm³/mol. The highest BCUT2D eigenvalue weighted by Crippen LogP contribution is 2.34. The van der Waals surface area contributed by atoms with Gasteiger partial charge < -0.3 is 14.2 Å². The summed E-state index contributed by atoms with van der Waals surface area (Å²) in [6, 6.07) is 10.7. The van der Waals surface area contributed by atoms with Crippen molar-refractivity contribution < 1.29 is 28.6 Å². The van der Waals surface area contributed by atoms with Gasteiger partial charge in [0.25, 0.3) is 11.8 Å². The minimum atomic E-state index is -0.865. The molecule has 2 aromatic carbocycles. The summed E-state index contributed by atoms with van der Waals surface area (Å²) in [6.07, 6.45) is 1.42. The number of imide groups is 2. The number of rotatable bonds is 6. The highest BCUT2D eigenvalue weighted by molar-refractivity contribution is 6.39. The van der Waals surface area contributed by atoms with Crippen LogP contribution in [0.3, 0.4) is 0 Å². The summed E-state index contributed by atoms with van der Waals surface area (Å²) in [6.45, 7) is 2.40. The molecule has 0 unspecified atom stereocenters. The van der Waals surface area contributed by atoms with E-state index in [0.717, 1.165) is 4.90 Å². The van der Waals surface area contributed by atoms with Gasteiger partial charge in [0.15, 0.2) is 0 Å². The summed E-state index contributed by atoms with van der Waals surface area (Å²) in [4.78, 5) is 38.6. The van der Waals surface area contributed by atoms with E-state index in [0.29, 0.717) is 23.7 Å². The summed E-state index contributed by atoms with van der Waals surface area (Å²) < 4.78 is 15.8. The first-order valence-electron chi connectivity index (χ1n) is 8.84. The van der Waals surface area contributed by atoms with E-state index in [1.807, 2.05) is 6.92 Å². The minimum absolute atomic E-state index is 0.166. The summed E-state index contributed by atoms with van der Waals surface area (Å²) >= 11 is 0. The largest absolute Gasteiger partial charge is 0.497 e. The predicted octanol–water partition coefficient (Wildman–Crippen LogP) is 2.77. The number of benzene rings is 2. The van der Waals surface area contributed by atoms with Crippen molar-refractivity contribution >= 4 is 29.6 Å². The van der Waals surface area contributed by atoms with Gasteiger partial charge in [0, 0.05) is 6.07 Å². The van der Waals surface area contributed by atoms with Gasteiger partial charge in [-0.05, 0) is 42.8 Å². The number of carbonyl (C=O) groups is 3. The first-order chi connectivity index (χ1) is 14.0. The van der Waals surface area contributed by atoms with Crippen LogP contribution in [0.15, 0.2) is 48.0 Å². The maximum Gasteiger partial charge on any atom is 0.336 e. The summed E-state index contributed by atoms with van der Waals surface area (Å²) in [5, 5.41) is 2.19. The van der Waals surface area contributed by atoms with E-state index in [4.69, 9.17) is 14.2 Å². The van der Waals surface area contributed by atoms with Crippen molar-refractivity contribution in [2.45, 2.75) is 6.92 Å². The quantitative estimate of drug-likeness (QED) is 0.596. The SMILES string of the molecule is CCOc1ccc(C=C2C(=O)NC(=O)N(c3cc(OC)ccc3OC)C2=O)cc1. The molecule has 0 aromatic heterocycles. The molecule has 8 nitrogen and oxygen atoms in total. The van der Waals surface area contributed by atoms with Crippen molar-refractivity contribution in [1.82, 2.24) is 5.32 Å². The minimum Gasteiger partial charge on any atom is -0.497 e. The molecule has 0 spiro atoms. The Bertz CT molecular complexity index is 981. The summed E-state index contributed by atoms with van der Waals surface area (Å²) in [7, 11) is 2.88. The maximum atomic E-state index is 13.0. The topological polar surface area (TPSA) is 94.2 Å². The van der Waals surface area contributed by atoms with Gasteiger partial charge in [-0.15, -0.1) is 0 Å². The first kappa shape index (κ1) is 19.9. The Morgan fingerprint density at radius 3 is 2.28 bits per heavy atom. The highest BCUT2D eigenvalue weighted by Gasteiger charge is 2.38. The number of barbiturate groups is 1. The van der Waals surface area contributed by atoms with Crippen LogP contribution in [-0.2, 0) is 9.59 Å². The second-order valence-corrected chi connectivity index (χ2v) is 6.00. The molecule has 8 heteroatoms. The van der Waals surface area contributed by atoms with Gasteiger partial charge in [0.2, 0.25) is 0 Å². The number of anilines is 1. The molecular formula is C21H20N2O6. The molecule has 0 aliphatic carbocycles. The molecule has 0 bridgehead atoms. The van der Waals surface area contributed by atoms with Crippen LogP contribution in [0.2, 0.25) is 0 Å². The van der Waals surface area contributed by atoms with Crippen molar-refractivity contribution in [1.29, 1.82) is 0 Å². The van der Waals surface area contributed by atoms with E-state index in [9.17, 15) is 14.4 Å². The number of nitrogens with one attached hydrogen (secondary N) is 1. The van der Waals surface area contributed by atoms with Crippen LogP contribution in [0.5, 0.6) is 17.2 Å². The normalized spacial score (nSPS) is 15.3. The van der Waals surface area contributed by atoms with Crippen molar-refractivity contribution in [2.75, 3.05) is 25.7 Å². The van der Waals surface area contributed by atoms with E-state index < -0.39 is 17.8 Å². The van der Waals surface area contributed by atoms with Crippen molar-refractivity contribution in [3.63, 3.8) is 0 Å². The zero-order chi connectivity index (χ0) is 21.0. The zero-order valence-corrected chi connectivity index (χ0v) is 16.2. The smallest absolute Gasteiger partial charge is 0.336 e. The van der Waals surface area contributed by atoms with Crippen molar-refractivity contribution in [2.24, 2.45) is 0 Å². The molecule has 0 radical (unpaired) electrons. The van der Waals surface area contributed by atoms with Crippen molar-refractivity contribution in [3.8, 4) is 17.2 Å². The van der Waals surface area contributed by atoms with Crippen LogP contribution in [0.4, 0.5) is 10.5 Å². The Morgan fingerprint density at radius 2 is 1.66 bits per heavy atom. The third kappa shape index (κ3) is 4.06. The fourth-order valence-electron chi connectivity index (χ4n) is 2.84. The van der Waals surface area contributed by atoms with Crippen LogP contribution in [-0.4, -0.2) is 38.7 Å². The number of carbonyl (C=O) groups excluding carboxylic acids is 3. The fraction of sp³-hybridized carbons (Fsp3) is 0.190. The number of methoxy groups -OCH3 is 2. The number of nitrogens with zero attached hydrogens (tertiary/aromatic N) is 1. The van der Waals surface area contributed by atoms with Gasteiger partial charge in [-0.25, -0.2) is 9.69 Å². The molecule has 3 rings (SSSR count). The Kier molecular flexibility index (Phi) is 5.82. The number of urea groups is 1. The number of amides is 4. The van der Waals surface area contributed by atoms with Crippen LogP contribution >= 0.6 is 0 Å². The lowest BCUT2D eigenvalue weighted by atomic mass is 10.1. The van der Waals surface area contributed by atoms with E-state index in [1.165, 1.54) is 26.4 Å². The molecule has 1 aliphatic rings. The van der Waals surface area contributed by atoms with Gasteiger partial charge in [0.05, 0.1) is 26.5 Å². The molecule has 1 saturated heterocycles. The standard InChI is InChI=1S/C21H20N2O6/c1-4-29-14-7-5-13(6-8-14)11-16-19(24)22-21(26)23(20(16)25)17-12-15(27-2)9-10-18(17)28-3/h5-12H,4H2,1-3H3,(H,22,24,26). The Labute approximate surface area is 167 Å². The number of hydrogen-bond acceptors (Lipinski definition) is 6. The molecule has 0 atom stereocenters. The number of ether oxygens (including phenoxy) is 3. The molecule has 1 aliphatic heterocycles. The average molecular weight is 396 g/mol. The molecule has 1 heterocycles. The molecule has 150 valence electrons. The van der Waals surface area contributed by atoms with Gasteiger partial charge in [-0.3, -0.25) is 14.9 Å². The zero-order valence-electron chi connectivity index (χ0n) is 16.2. The highest BCUT2D eigenvalue weighted by atomic mass is 16.5. The van der Waals surface area contributed by atoms with E-state index in [1.54, 1.807) is 36.4 Å². The lowest BCUT2D eigenvalue weighted by molar-refractivity contribution is -0.122. The molecule has 1 N–H and O–H groups in total. The monoisotopic (exact) mass is 396 g/mol. The molecule has 4 amide bonds. The average Bonchev–Trinajstić information content (AvgIpc) is 2.72. The maximum absolute atomic E-state index is 13.0. The Balaban J connectivity index is 2.00. The van der Waals surface area contributed by atoms with Crippen molar-refractivity contribution in [3.05, 3.63) is 53.6 Å². The first-order valence-corrected chi connectivity index (χ1v) is 8.84. The van der Waals surface area contributed by atoms with Gasteiger partial charge in [-0.2, -0.15) is 0 Å². The third-order valence-corrected chi connectivity index (χ3v) is 4.23. The Morgan fingerprint density at radius 1 is 0.966 bits per heavy atom. The molecule has 2 aromatic rings. The van der Waals surface area contributed by atoms with E-state index in [-0.39, 0.29) is 17.0 Å².